The van der Waals surface area contributed by atoms with Gasteiger partial charge in [-0.1, -0.05) is 25.5 Å². The molecular weight excluding hydrogens is 363 g/mol. The summed E-state index contributed by atoms with van der Waals surface area (Å²) in [4.78, 5) is 23.3. The molecule has 0 aromatic carbocycles. The molecule has 3 unspecified atom stereocenters. The van der Waals surface area contributed by atoms with Gasteiger partial charge in [0, 0.05) is 17.3 Å². The summed E-state index contributed by atoms with van der Waals surface area (Å²) in [6.07, 6.45) is 3.53. The largest absolute Gasteiger partial charge is 0.479 e. The molecule has 3 fully saturated rings. The number of fused-ring (bicyclic) bond motifs is 5. The molecule has 0 bridgehead atoms. The van der Waals surface area contributed by atoms with Gasteiger partial charge >= 0.3 is 5.97 Å². The lowest BCUT2D eigenvalue weighted by Crippen LogP contribution is -2.67. The van der Waals surface area contributed by atoms with Gasteiger partial charge in [-0.15, -0.1) is 0 Å². The second-order valence-electron chi connectivity index (χ2n) is 9.87. The number of alkyl halides is 1. The summed E-state index contributed by atoms with van der Waals surface area (Å²) in [7, 11) is 0. The van der Waals surface area contributed by atoms with Gasteiger partial charge < -0.3 is 15.3 Å². The second-order valence-corrected chi connectivity index (χ2v) is 9.87. The Kier molecular flexibility index (Phi) is 4.23. The number of hydrogen-bond acceptors (Lipinski definition) is 4. The Labute approximate surface area is 164 Å². The summed E-state index contributed by atoms with van der Waals surface area (Å²) in [6.45, 7) is 5.60. The van der Waals surface area contributed by atoms with Crippen LogP contribution >= 0.6 is 0 Å². The fourth-order valence-corrected chi connectivity index (χ4v) is 7.44. The van der Waals surface area contributed by atoms with Crippen molar-refractivity contribution in [3.05, 3.63) is 23.8 Å². The molecule has 0 aromatic rings. The van der Waals surface area contributed by atoms with Gasteiger partial charge in [-0.25, -0.2) is 9.18 Å². The summed E-state index contributed by atoms with van der Waals surface area (Å²) in [5, 5.41) is 30.9. The van der Waals surface area contributed by atoms with Crippen molar-refractivity contribution < 1.29 is 29.3 Å². The van der Waals surface area contributed by atoms with Gasteiger partial charge in [0.05, 0.1) is 6.10 Å². The molecule has 5 nitrogen and oxygen atoms in total. The molecule has 0 radical (unpaired) electrons. The Bertz CT molecular complexity index is 790. The molecular formula is C22H29FO5. The van der Waals surface area contributed by atoms with E-state index in [4.69, 9.17) is 0 Å². The molecule has 0 amide bonds. The molecule has 0 heterocycles. The summed E-state index contributed by atoms with van der Waals surface area (Å²) in [6, 6.07) is 0. The first-order valence-corrected chi connectivity index (χ1v) is 10.2. The van der Waals surface area contributed by atoms with Gasteiger partial charge in [0.25, 0.3) is 0 Å². The normalized spacial score (nSPS) is 51.0. The molecule has 3 N–H and O–H groups in total. The summed E-state index contributed by atoms with van der Waals surface area (Å²) < 4.78 is 16.8. The number of carbonyl (C=O) groups is 2. The highest BCUT2D eigenvalue weighted by Gasteiger charge is 2.71. The van der Waals surface area contributed by atoms with Crippen molar-refractivity contribution in [1.29, 1.82) is 0 Å². The Morgan fingerprint density at radius 1 is 1.32 bits per heavy atom. The molecule has 0 spiro atoms. The number of halogens is 1. The van der Waals surface area contributed by atoms with Crippen molar-refractivity contribution in [2.45, 2.75) is 64.3 Å². The van der Waals surface area contributed by atoms with E-state index in [9.17, 15) is 24.9 Å². The number of rotatable bonds is 2. The minimum atomic E-state index is -1.92. The first-order valence-electron chi connectivity index (χ1n) is 10.2. The number of allylic oxidation sites excluding steroid dienone is 4. The second kappa shape index (κ2) is 5.99. The predicted octanol–water partition coefficient (Wildman–Crippen LogP) is 2.66. The van der Waals surface area contributed by atoms with Crippen molar-refractivity contribution in [3.8, 4) is 0 Å². The fourth-order valence-electron chi connectivity index (χ4n) is 7.44. The third kappa shape index (κ3) is 2.25. The third-order valence-corrected chi connectivity index (χ3v) is 8.67. The highest BCUT2D eigenvalue weighted by Crippen LogP contribution is 2.70. The minimum absolute atomic E-state index is 0.0797. The number of carbonyl (C=O) groups excluding carboxylic acids is 1. The Morgan fingerprint density at radius 3 is 2.64 bits per heavy atom. The van der Waals surface area contributed by atoms with Crippen LogP contribution in [0.2, 0.25) is 0 Å². The zero-order valence-electron chi connectivity index (χ0n) is 16.6. The number of carboxylic acid groups (broad SMARTS) is 1. The number of aliphatic carboxylic acids is 1. The summed E-state index contributed by atoms with van der Waals surface area (Å²) >= 11 is 0. The van der Waals surface area contributed by atoms with Gasteiger partial charge in [0.2, 0.25) is 0 Å². The average Bonchev–Trinajstić information content (AvgIpc) is 2.86. The fraction of sp³-hybridized carbons (Fsp3) is 0.727. The summed E-state index contributed by atoms with van der Waals surface area (Å²) in [5.74, 6) is -2.59. The zero-order chi connectivity index (χ0) is 20.6. The molecule has 9 atom stereocenters. The average molecular weight is 392 g/mol. The van der Waals surface area contributed by atoms with E-state index < -0.39 is 46.5 Å². The number of aliphatic hydroxyl groups excluding tert-OH is 2. The van der Waals surface area contributed by atoms with Gasteiger partial charge in [0.15, 0.2) is 17.6 Å². The third-order valence-electron chi connectivity index (χ3n) is 8.67. The molecule has 4 aliphatic carbocycles. The Morgan fingerprint density at radius 2 is 2.00 bits per heavy atom. The lowest BCUT2D eigenvalue weighted by Gasteiger charge is -2.62. The van der Waals surface area contributed by atoms with Crippen molar-refractivity contribution in [3.63, 3.8) is 0 Å². The lowest BCUT2D eigenvalue weighted by molar-refractivity contribution is -0.202. The molecule has 6 heteroatoms. The quantitative estimate of drug-likeness (QED) is 0.672. The van der Waals surface area contributed by atoms with Crippen molar-refractivity contribution >= 4 is 11.8 Å². The monoisotopic (exact) mass is 392 g/mol. The smallest absolute Gasteiger partial charge is 0.332 e. The minimum Gasteiger partial charge on any atom is -0.479 e. The highest BCUT2D eigenvalue weighted by molar-refractivity contribution is 6.01. The van der Waals surface area contributed by atoms with Crippen LogP contribution in [0, 0.1) is 34.5 Å². The molecule has 154 valence electrons. The van der Waals surface area contributed by atoms with E-state index in [1.807, 2.05) is 13.8 Å². The van der Waals surface area contributed by atoms with E-state index in [0.717, 1.165) is 5.57 Å². The molecule has 4 rings (SSSR count). The molecule has 0 aliphatic heterocycles. The number of ketones is 1. The van der Waals surface area contributed by atoms with Gasteiger partial charge in [-0.3, -0.25) is 4.79 Å². The highest BCUT2D eigenvalue weighted by atomic mass is 19.1. The van der Waals surface area contributed by atoms with E-state index >= 15 is 4.39 Å². The SMILES string of the molecule is CC1C[C@H]2[C@@H]3CCC4=CC(=O)C=C[C@]4(C)[C@@]3(F)C(O)C[C@]2(C)[C@H]1C(O)C(=O)O. The maximum atomic E-state index is 16.8. The Hall–Kier alpha value is -1.53. The number of carboxylic acids is 1. The van der Waals surface area contributed by atoms with Crippen LogP contribution in [-0.2, 0) is 9.59 Å². The van der Waals surface area contributed by atoms with Gasteiger partial charge in [-0.2, -0.15) is 0 Å². The van der Waals surface area contributed by atoms with Crippen LogP contribution in [-0.4, -0.2) is 44.9 Å². The van der Waals surface area contributed by atoms with Crippen molar-refractivity contribution in [2.24, 2.45) is 34.5 Å². The van der Waals surface area contributed by atoms with Crippen LogP contribution in [0.5, 0.6) is 0 Å². The standard InChI is InChI=1S/C22H29FO5/c1-11-8-15-14-5-4-12-9-13(24)6-7-21(12,3)22(14,23)16(25)10-20(15,2)17(11)18(26)19(27)28/h6-7,9,11,14-18,25-26H,4-5,8,10H2,1-3H3,(H,27,28)/t11?,14-,15-,16?,17+,18?,20-,21-,22-/m0/s1. The van der Waals surface area contributed by atoms with Crippen LogP contribution in [0.15, 0.2) is 23.8 Å². The van der Waals surface area contributed by atoms with Gasteiger partial charge in [-0.05, 0) is 62.0 Å². The van der Waals surface area contributed by atoms with Crippen molar-refractivity contribution in [2.75, 3.05) is 0 Å². The maximum Gasteiger partial charge on any atom is 0.332 e. The van der Waals surface area contributed by atoms with Crippen LogP contribution in [0.4, 0.5) is 4.39 Å². The molecule has 4 aliphatic rings. The Balaban J connectivity index is 1.79. The first-order chi connectivity index (χ1) is 13.0. The molecule has 28 heavy (non-hydrogen) atoms. The predicted molar refractivity (Wildman–Crippen MR) is 100 cm³/mol. The topological polar surface area (TPSA) is 94.8 Å². The molecule has 0 saturated heterocycles. The lowest BCUT2D eigenvalue weighted by atomic mass is 9.45. The first kappa shape index (κ1) is 19.8. The van der Waals surface area contributed by atoms with E-state index in [0.29, 0.717) is 19.3 Å². The molecule has 3 saturated carbocycles. The van der Waals surface area contributed by atoms with E-state index in [-0.39, 0.29) is 24.0 Å². The van der Waals surface area contributed by atoms with Crippen LogP contribution in [0.3, 0.4) is 0 Å². The number of aliphatic hydroxyl groups is 2. The van der Waals surface area contributed by atoms with Crippen molar-refractivity contribution in [1.82, 2.24) is 0 Å². The maximum absolute atomic E-state index is 16.8. The van der Waals surface area contributed by atoms with E-state index in [1.54, 1.807) is 13.0 Å². The van der Waals surface area contributed by atoms with Crippen LogP contribution < -0.4 is 0 Å². The van der Waals surface area contributed by atoms with Gasteiger partial charge in [0.1, 0.15) is 0 Å². The van der Waals surface area contributed by atoms with Crippen LogP contribution in [0.1, 0.15) is 46.5 Å². The zero-order valence-corrected chi connectivity index (χ0v) is 16.6. The van der Waals surface area contributed by atoms with E-state index in [1.165, 1.54) is 12.2 Å². The van der Waals surface area contributed by atoms with E-state index in [2.05, 4.69) is 0 Å². The van der Waals surface area contributed by atoms with Crippen LogP contribution in [0.25, 0.3) is 0 Å². The number of hydrogen-bond donors (Lipinski definition) is 3. The summed E-state index contributed by atoms with van der Waals surface area (Å²) in [5.41, 5.74) is -2.88. The molecule has 0 aromatic heterocycles.